The van der Waals surface area contributed by atoms with Crippen LogP contribution in [0.2, 0.25) is 0 Å². The van der Waals surface area contributed by atoms with Gasteiger partial charge in [-0.3, -0.25) is 4.79 Å². The van der Waals surface area contributed by atoms with Gasteiger partial charge in [-0.25, -0.2) is 0 Å². The van der Waals surface area contributed by atoms with Crippen LogP contribution in [-0.4, -0.2) is 33.6 Å². The minimum Gasteiger partial charge on any atom is -0.366 e. The van der Waals surface area contributed by atoms with E-state index in [1.54, 1.807) is 11.3 Å². The van der Waals surface area contributed by atoms with Gasteiger partial charge >= 0.3 is 0 Å². The molecule has 1 N–H and O–H groups in total. The molecule has 1 aromatic carbocycles. The Balaban J connectivity index is 1.46. The van der Waals surface area contributed by atoms with Crippen molar-refractivity contribution in [2.24, 2.45) is 0 Å². The average molecular weight is 379 g/mol. The van der Waals surface area contributed by atoms with Crippen LogP contribution in [0.15, 0.2) is 47.8 Å². The summed E-state index contributed by atoms with van der Waals surface area (Å²) in [5.74, 6) is 0.847. The molecule has 1 aliphatic heterocycles. The lowest BCUT2D eigenvalue weighted by Gasteiger charge is -2.27. The van der Waals surface area contributed by atoms with Crippen molar-refractivity contribution in [1.82, 2.24) is 15.1 Å². The molecule has 6 heteroatoms. The van der Waals surface area contributed by atoms with Crippen molar-refractivity contribution in [2.45, 2.75) is 32.9 Å². The molecule has 0 fully saturated rings. The molecule has 0 atom stereocenters. The van der Waals surface area contributed by atoms with Gasteiger partial charge < -0.3 is 10.2 Å². The second-order valence-corrected chi connectivity index (χ2v) is 8.03. The molecule has 5 nitrogen and oxygen atoms in total. The van der Waals surface area contributed by atoms with Gasteiger partial charge in [0.15, 0.2) is 0 Å². The maximum absolute atomic E-state index is 12.8. The minimum absolute atomic E-state index is 0.0842. The molecule has 0 radical (unpaired) electrons. The highest BCUT2D eigenvalue weighted by atomic mass is 32.1. The van der Waals surface area contributed by atoms with E-state index in [4.69, 9.17) is 0 Å². The first-order valence-corrected chi connectivity index (χ1v) is 10.0. The summed E-state index contributed by atoms with van der Waals surface area (Å²) in [4.78, 5) is 16.2. The van der Waals surface area contributed by atoms with Crippen molar-refractivity contribution < 1.29 is 4.79 Å². The van der Waals surface area contributed by atoms with Crippen LogP contribution in [-0.2, 0) is 13.0 Å². The monoisotopic (exact) mass is 378 g/mol. The van der Waals surface area contributed by atoms with Crippen LogP contribution in [0, 0.1) is 0 Å². The number of anilines is 1. The summed E-state index contributed by atoms with van der Waals surface area (Å²) in [5.41, 5.74) is 3.74. The summed E-state index contributed by atoms with van der Waals surface area (Å²) in [6.07, 6.45) is 0.948. The van der Waals surface area contributed by atoms with Crippen molar-refractivity contribution in [3.8, 4) is 11.3 Å². The molecular weight excluding hydrogens is 356 g/mol. The van der Waals surface area contributed by atoms with Gasteiger partial charge in [-0.1, -0.05) is 12.1 Å². The van der Waals surface area contributed by atoms with Crippen LogP contribution in [0.1, 0.15) is 34.6 Å². The standard InChI is InChI=1S/C21H22N4OS/c1-14(2)22-20-8-7-18(23-24-20)15-3-5-16(6-4-15)21(26)25-11-9-19-17(13-25)10-12-27-19/h3-8,10,12,14H,9,11,13H2,1-2H3,(H,22,24). The number of carbonyl (C=O) groups excluding carboxylic acids is 1. The Labute approximate surface area is 163 Å². The SMILES string of the molecule is CC(C)Nc1ccc(-c2ccc(C(=O)N3CCc4sccc4C3)cc2)nn1. The van der Waals surface area contributed by atoms with E-state index in [0.717, 1.165) is 30.0 Å². The number of thiophene rings is 1. The Bertz CT molecular complexity index is 932. The van der Waals surface area contributed by atoms with E-state index in [1.165, 1.54) is 10.4 Å². The van der Waals surface area contributed by atoms with Crippen molar-refractivity contribution in [3.05, 3.63) is 63.8 Å². The highest BCUT2D eigenvalue weighted by Gasteiger charge is 2.22. The summed E-state index contributed by atoms with van der Waals surface area (Å²) in [6.45, 7) is 5.61. The molecule has 138 valence electrons. The number of nitrogens with one attached hydrogen (secondary N) is 1. The molecule has 0 saturated carbocycles. The first kappa shape index (κ1) is 17.7. The van der Waals surface area contributed by atoms with Crippen molar-refractivity contribution in [2.75, 3.05) is 11.9 Å². The Hall–Kier alpha value is -2.73. The molecule has 0 bridgehead atoms. The third-order valence-electron chi connectivity index (χ3n) is 4.62. The summed E-state index contributed by atoms with van der Waals surface area (Å²) in [6, 6.07) is 13.9. The third kappa shape index (κ3) is 3.85. The number of nitrogens with zero attached hydrogens (tertiary/aromatic N) is 3. The van der Waals surface area contributed by atoms with E-state index < -0.39 is 0 Å². The molecule has 0 saturated heterocycles. The Morgan fingerprint density at radius 1 is 1.11 bits per heavy atom. The number of hydrogen-bond acceptors (Lipinski definition) is 5. The molecule has 3 aromatic rings. The molecule has 1 aliphatic rings. The highest BCUT2D eigenvalue weighted by Crippen LogP contribution is 2.25. The molecule has 1 amide bonds. The van der Waals surface area contributed by atoms with E-state index in [0.29, 0.717) is 18.2 Å². The first-order valence-electron chi connectivity index (χ1n) is 9.15. The van der Waals surface area contributed by atoms with Crippen molar-refractivity contribution in [3.63, 3.8) is 0 Å². The molecule has 4 rings (SSSR count). The zero-order valence-corrected chi connectivity index (χ0v) is 16.3. The fourth-order valence-electron chi connectivity index (χ4n) is 3.25. The van der Waals surface area contributed by atoms with Crippen molar-refractivity contribution >= 4 is 23.1 Å². The summed E-state index contributed by atoms with van der Waals surface area (Å²) < 4.78 is 0. The quantitative estimate of drug-likeness (QED) is 0.738. The normalized spacial score (nSPS) is 13.5. The van der Waals surface area contributed by atoms with Gasteiger partial charge in [0.2, 0.25) is 0 Å². The van der Waals surface area contributed by atoms with Crippen LogP contribution in [0.25, 0.3) is 11.3 Å². The maximum Gasteiger partial charge on any atom is 0.254 e. The lowest BCUT2D eigenvalue weighted by molar-refractivity contribution is 0.0736. The molecule has 27 heavy (non-hydrogen) atoms. The van der Waals surface area contributed by atoms with Crippen molar-refractivity contribution in [1.29, 1.82) is 0 Å². The minimum atomic E-state index is 0.0842. The topological polar surface area (TPSA) is 58.1 Å². The number of fused-ring (bicyclic) bond motifs is 1. The largest absolute Gasteiger partial charge is 0.366 e. The fourth-order valence-corrected chi connectivity index (χ4v) is 4.14. The third-order valence-corrected chi connectivity index (χ3v) is 5.65. The van der Waals surface area contributed by atoms with E-state index >= 15 is 0 Å². The Kier molecular flexibility index (Phi) is 4.90. The van der Waals surface area contributed by atoms with E-state index in [1.807, 2.05) is 41.3 Å². The van der Waals surface area contributed by atoms with Gasteiger partial charge in [-0.05, 0) is 61.5 Å². The number of aromatic nitrogens is 2. The van der Waals surface area contributed by atoms with E-state index in [2.05, 4.69) is 40.8 Å². The van der Waals surface area contributed by atoms with Gasteiger partial charge in [0.1, 0.15) is 5.82 Å². The zero-order valence-electron chi connectivity index (χ0n) is 15.5. The van der Waals surface area contributed by atoms with Gasteiger partial charge in [-0.15, -0.1) is 21.5 Å². The maximum atomic E-state index is 12.8. The predicted molar refractivity (Wildman–Crippen MR) is 109 cm³/mol. The fraction of sp³-hybridized carbons (Fsp3) is 0.286. The number of carbonyl (C=O) groups is 1. The number of rotatable bonds is 4. The van der Waals surface area contributed by atoms with Gasteiger partial charge in [0.05, 0.1) is 5.69 Å². The van der Waals surface area contributed by atoms with Gasteiger partial charge in [-0.2, -0.15) is 0 Å². The smallest absolute Gasteiger partial charge is 0.254 e. The van der Waals surface area contributed by atoms with E-state index in [-0.39, 0.29) is 5.91 Å². The first-order chi connectivity index (χ1) is 13.1. The van der Waals surface area contributed by atoms with Gasteiger partial charge in [0.25, 0.3) is 5.91 Å². The molecule has 0 aliphatic carbocycles. The second kappa shape index (κ2) is 7.48. The summed E-state index contributed by atoms with van der Waals surface area (Å²) >= 11 is 1.78. The molecule has 2 aromatic heterocycles. The lowest BCUT2D eigenvalue weighted by atomic mass is 10.1. The van der Waals surface area contributed by atoms with Crippen LogP contribution in [0.4, 0.5) is 5.82 Å². The average Bonchev–Trinajstić information content (AvgIpc) is 3.15. The molecule has 0 spiro atoms. The summed E-state index contributed by atoms with van der Waals surface area (Å²) in [7, 11) is 0. The zero-order chi connectivity index (χ0) is 18.8. The number of hydrogen-bond donors (Lipinski definition) is 1. The Morgan fingerprint density at radius 3 is 2.63 bits per heavy atom. The molecule has 3 heterocycles. The number of benzene rings is 1. The number of amides is 1. The van der Waals surface area contributed by atoms with E-state index in [9.17, 15) is 4.79 Å². The predicted octanol–water partition coefficient (Wildman–Crippen LogP) is 4.22. The lowest BCUT2D eigenvalue weighted by Crippen LogP contribution is -2.35. The highest BCUT2D eigenvalue weighted by molar-refractivity contribution is 7.10. The van der Waals surface area contributed by atoms with Crippen LogP contribution < -0.4 is 5.32 Å². The van der Waals surface area contributed by atoms with Crippen LogP contribution in [0.3, 0.4) is 0 Å². The second-order valence-electron chi connectivity index (χ2n) is 7.03. The Morgan fingerprint density at radius 2 is 1.93 bits per heavy atom. The molecular formula is C21H22N4OS. The molecule has 0 unspecified atom stereocenters. The van der Waals surface area contributed by atoms with Gasteiger partial charge in [0, 0.05) is 35.1 Å². The summed E-state index contributed by atoms with van der Waals surface area (Å²) in [5, 5.41) is 13.8. The van der Waals surface area contributed by atoms with Crippen LogP contribution >= 0.6 is 11.3 Å². The van der Waals surface area contributed by atoms with Crippen LogP contribution in [0.5, 0.6) is 0 Å².